The number of esters is 1. The molecule has 1 unspecified atom stereocenters. The molecule has 1 fully saturated rings. The number of halogens is 1. The molecule has 556 valence electrons. The number of aromatic nitrogens is 1. The van der Waals surface area contributed by atoms with E-state index in [0.717, 1.165) is 54.9 Å². The molecule has 1 saturated heterocycles. The maximum atomic E-state index is 15.1. The van der Waals surface area contributed by atoms with Crippen molar-refractivity contribution in [2.24, 2.45) is 29.4 Å². The van der Waals surface area contributed by atoms with Gasteiger partial charge in [0.05, 0.1) is 6.04 Å². The number of carbonyl (C=O) groups excluding carboxylic acids is 12. The molecule has 2 aromatic carbocycles. The third-order valence-electron chi connectivity index (χ3n) is 18.1. The molecular weight excluding hydrogens is 1320 g/mol. The molecule has 0 radical (unpaired) electrons. The summed E-state index contributed by atoms with van der Waals surface area (Å²) in [4.78, 5) is 168. The highest BCUT2D eigenvalue weighted by molar-refractivity contribution is 7.09. The largest absolute Gasteiger partial charge is 0.455 e. The molecule has 1 aromatic heterocycles. The topological polar surface area (TPSA) is 368 Å². The number of nitrogens with one attached hydrogen (secondary N) is 8. The van der Waals surface area contributed by atoms with E-state index in [0.29, 0.717) is 66.9 Å². The summed E-state index contributed by atoms with van der Waals surface area (Å²) < 4.78 is 25.5. The van der Waals surface area contributed by atoms with Gasteiger partial charge in [-0.1, -0.05) is 118 Å². The average molecular weight is 1430 g/mol. The number of nitrogens with zero attached hydrogens (tertiary/aromatic N) is 4. The number of thiazole rings is 1. The summed E-state index contributed by atoms with van der Waals surface area (Å²) in [7, 11) is 1.93. The third-order valence-corrected chi connectivity index (χ3v) is 19.0. The lowest BCUT2D eigenvalue weighted by molar-refractivity contribution is -0.150. The number of primary amides is 1. The van der Waals surface area contributed by atoms with Crippen LogP contribution in [0.2, 0.25) is 0 Å². The summed E-state index contributed by atoms with van der Waals surface area (Å²) in [6.07, 6.45) is 9.46. The molecule has 3 heterocycles. The van der Waals surface area contributed by atoms with E-state index in [-0.39, 0.29) is 111 Å². The maximum absolute atomic E-state index is 15.1. The molecule has 0 spiro atoms. The second-order valence-corrected chi connectivity index (χ2v) is 27.8. The van der Waals surface area contributed by atoms with Crippen molar-refractivity contribution in [2.45, 2.75) is 220 Å². The number of nitrogens with two attached hydrogens (primary N) is 1. The van der Waals surface area contributed by atoms with Gasteiger partial charge < -0.3 is 52.0 Å². The van der Waals surface area contributed by atoms with Crippen molar-refractivity contribution in [3.05, 3.63) is 93.7 Å². The molecule has 3 aromatic rings. The predicted molar refractivity (Wildman–Crippen MR) is 379 cm³/mol. The number of hydrogen-bond acceptors (Lipinski definition) is 17. The lowest BCUT2D eigenvalue weighted by Crippen LogP contribution is -2.59. The van der Waals surface area contributed by atoms with Crippen LogP contribution in [0.15, 0.2) is 66.1 Å². The van der Waals surface area contributed by atoms with Gasteiger partial charge in [-0.15, -0.1) is 11.3 Å². The van der Waals surface area contributed by atoms with Gasteiger partial charge in [0.15, 0.2) is 6.10 Å². The Balaban J connectivity index is 1.19. The number of anilines is 1. The van der Waals surface area contributed by atoms with E-state index in [4.69, 9.17) is 20.2 Å². The fourth-order valence-electron chi connectivity index (χ4n) is 12.0. The van der Waals surface area contributed by atoms with Gasteiger partial charge in [-0.05, 0) is 125 Å². The van der Waals surface area contributed by atoms with Gasteiger partial charge in [0.2, 0.25) is 35.4 Å². The fourth-order valence-corrected chi connectivity index (χ4v) is 12.9. The van der Waals surface area contributed by atoms with E-state index in [1.54, 1.807) is 45.0 Å². The first-order valence-corrected chi connectivity index (χ1v) is 36.2. The highest BCUT2D eigenvalue weighted by atomic mass is 32.1. The summed E-state index contributed by atoms with van der Waals surface area (Å²) >= 11 is 1.11. The van der Waals surface area contributed by atoms with Gasteiger partial charge >= 0.3 is 18.1 Å². The van der Waals surface area contributed by atoms with Crippen LogP contribution < -0.4 is 48.5 Å². The second kappa shape index (κ2) is 42.4. The Morgan fingerprint density at radius 3 is 2.07 bits per heavy atom. The number of imide groups is 1. The molecule has 2 aliphatic heterocycles. The van der Waals surface area contributed by atoms with Crippen molar-refractivity contribution in [3.8, 4) is 0 Å². The number of amides is 12. The van der Waals surface area contributed by atoms with Crippen molar-refractivity contribution >= 4 is 88.3 Å². The monoisotopic (exact) mass is 1430 g/mol. The summed E-state index contributed by atoms with van der Waals surface area (Å²) in [5, 5.41) is 18.7. The fraction of sp³-hybridized carbons (Fsp3) is 0.597. The van der Waals surface area contributed by atoms with E-state index in [1.165, 1.54) is 48.7 Å². The van der Waals surface area contributed by atoms with Crippen LogP contribution >= 0.6 is 11.3 Å². The van der Waals surface area contributed by atoms with E-state index < -0.39 is 95.7 Å². The molecule has 0 aliphatic carbocycles. The van der Waals surface area contributed by atoms with Crippen LogP contribution in [0.25, 0.3) is 0 Å². The molecule has 0 saturated carbocycles. The zero-order chi connectivity index (χ0) is 74.3. The molecule has 27 nitrogen and oxygen atoms in total. The van der Waals surface area contributed by atoms with Crippen molar-refractivity contribution in [1.82, 2.24) is 57.1 Å². The highest BCUT2D eigenvalue weighted by Gasteiger charge is 2.39. The average Bonchev–Trinajstić information content (AvgIpc) is 1.73. The van der Waals surface area contributed by atoms with Crippen molar-refractivity contribution in [3.63, 3.8) is 0 Å². The zero-order valence-corrected chi connectivity index (χ0v) is 60.9. The smallest absolute Gasteiger partial charge is 0.426 e. The Bertz CT molecular complexity index is 3280. The molecule has 0 bridgehead atoms. The molecule has 101 heavy (non-hydrogen) atoms. The number of carbonyl (C=O) groups is 12. The third kappa shape index (κ3) is 27.9. The second-order valence-electron chi connectivity index (χ2n) is 26.9. The number of hydrogen-bond donors (Lipinski definition) is 9. The Morgan fingerprint density at radius 1 is 0.752 bits per heavy atom. The van der Waals surface area contributed by atoms with Gasteiger partial charge in [0, 0.05) is 80.6 Å². The minimum absolute atomic E-state index is 0.000580. The summed E-state index contributed by atoms with van der Waals surface area (Å²) in [5.41, 5.74) is 11.3. The predicted octanol–water partition coefficient (Wildman–Crippen LogP) is 7.55. The first-order chi connectivity index (χ1) is 48.1. The first-order valence-electron chi connectivity index (χ1n) is 35.4. The van der Waals surface area contributed by atoms with Gasteiger partial charge in [0.25, 0.3) is 17.7 Å². The SMILES string of the molecule is CCCCCCN(C(=O)[C@@H](NC(=O)[C@H]1CCCCN1C)C(C)CC)[C@H](C[C@@H](OC(C)=O)c1nc(C(=O)N[C@@H](Cc2ccc(F)cc2)C[C@H](C)C(=O)NNC(=O)OCc2ccc(NC(=O)[C@H](CCCNC(N)=O)NC(=O)[C@@H](NC(=O)CCCCCN3C(=O)C=CC3=O)C(C)C)cc2)cs1)C(C)C. The molecule has 12 amide bonds. The number of likely N-dealkylation sites (N-methyl/N-ethyl adjacent to an activating group) is 1. The zero-order valence-electron chi connectivity index (χ0n) is 60.1. The van der Waals surface area contributed by atoms with Crippen LogP contribution in [-0.4, -0.2) is 160 Å². The number of unbranched alkanes of at least 4 members (excludes halogenated alkanes) is 5. The number of ether oxygens (including phenoxy) is 2. The molecule has 29 heteroatoms. The molecular formula is C72H106FN13O14S. The van der Waals surface area contributed by atoms with E-state index in [2.05, 4.69) is 49.7 Å². The Hall–Kier alpha value is -8.86. The van der Waals surface area contributed by atoms with Crippen molar-refractivity contribution in [2.75, 3.05) is 38.5 Å². The van der Waals surface area contributed by atoms with Crippen LogP contribution in [0, 0.1) is 29.5 Å². The molecule has 2 aliphatic rings. The maximum Gasteiger partial charge on any atom is 0.426 e. The first kappa shape index (κ1) is 82.8. The number of likely N-dealkylation sites (tertiary alicyclic amines) is 1. The summed E-state index contributed by atoms with van der Waals surface area (Å²) in [6.45, 7) is 17.7. The Morgan fingerprint density at radius 2 is 1.44 bits per heavy atom. The summed E-state index contributed by atoms with van der Waals surface area (Å²) in [6, 6.07) is 6.63. The van der Waals surface area contributed by atoms with E-state index in [9.17, 15) is 57.1 Å². The minimum atomic E-state index is -1.12. The molecule has 10 N–H and O–H groups in total. The minimum Gasteiger partial charge on any atom is -0.455 e. The summed E-state index contributed by atoms with van der Waals surface area (Å²) in [5.74, 6) is -6.63. The number of hydrazine groups is 1. The van der Waals surface area contributed by atoms with Crippen LogP contribution in [0.3, 0.4) is 0 Å². The lowest BCUT2D eigenvalue weighted by atomic mass is 9.91. The van der Waals surface area contributed by atoms with Crippen LogP contribution in [0.4, 0.5) is 19.7 Å². The number of piperidine rings is 1. The van der Waals surface area contributed by atoms with Crippen molar-refractivity contribution in [1.29, 1.82) is 0 Å². The van der Waals surface area contributed by atoms with Gasteiger partial charge in [-0.25, -0.2) is 24.4 Å². The van der Waals surface area contributed by atoms with Crippen LogP contribution in [0.5, 0.6) is 0 Å². The Labute approximate surface area is 596 Å². The van der Waals surface area contributed by atoms with Crippen molar-refractivity contribution < 1.29 is 71.4 Å². The van der Waals surface area contributed by atoms with Gasteiger partial charge in [-0.3, -0.25) is 63.2 Å². The van der Waals surface area contributed by atoms with Gasteiger partial charge in [-0.2, -0.15) is 0 Å². The lowest BCUT2D eigenvalue weighted by Gasteiger charge is -2.40. The Kier molecular flexibility index (Phi) is 34.8. The van der Waals surface area contributed by atoms with Crippen LogP contribution in [0.1, 0.15) is 198 Å². The number of benzene rings is 2. The molecule has 5 rings (SSSR count). The normalized spacial score (nSPS) is 16.2. The molecule has 9 atom stereocenters. The number of urea groups is 1. The highest BCUT2D eigenvalue weighted by Crippen LogP contribution is 2.33. The standard InChI is InChI=1S/C72H106FN13O14S/c1-11-13-14-18-37-85(70(96)63(46(7)12-2)81-67(94)56-23-17-20-36-84(56)10)57(44(3)4)41-58(100-48(9)87)69-79-55(43-101-69)66(93)77-53(40-49-25-29-51(73)30-26-49)39-47(8)64(91)82-83-72(98)99-42-50-27-31-52(32-28-50)76-65(92)54(22-21-35-75-71(74)97)78-68(95)62(45(5)6)80-59(88)24-16-15-19-38-86-60(89)33-34-61(86)90/h25-34,43-47,53-54,56-58,62-63H,11-24,35-42H2,1-10H3,(H,76,92)(H,77,93)(H,78,95)(H,80,88)(H,81,94)(H,82,91)(H,83,98)(H3,74,75,97)/t46?,47-,53+,54-,56+,57+,58+,62-,63-/m0/s1. The van der Waals surface area contributed by atoms with E-state index in [1.807, 2.05) is 44.5 Å². The van der Waals surface area contributed by atoms with Crippen LogP contribution in [-0.2, 0) is 65.7 Å². The number of rotatable bonds is 41. The quantitative estimate of drug-likeness (QED) is 0.0115. The van der Waals surface area contributed by atoms with E-state index >= 15 is 4.79 Å². The van der Waals surface area contributed by atoms with Gasteiger partial charge in [0.1, 0.15) is 41.3 Å².